The van der Waals surface area contributed by atoms with Crippen molar-refractivity contribution in [3.05, 3.63) is 29.5 Å². The second-order valence-electron chi connectivity index (χ2n) is 3.75. The Hall–Kier alpha value is -1.91. The van der Waals surface area contributed by atoms with Crippen molar-refractivity contribution in [2.45, 2.75) is 27.3 Å². The number of carbonyl (C=O) groups excluding carboxylic acids is 1. The van der Waals surface area contributed by atoms with Crippen LogP contribution in [0.3, 0.4) is 0 Å². The van der Waals surface area contributed by atoms with Gasteiger partial charge in [-0.1, -0.05) is 0 Å². The summed E-state index contributed by atoms with van der Waals surface area (Å²) in [5.41, 5.74) is 2.73. The number of nitrogens with zero attached hydrogens (tertiary/aromatic N) is 3. The number of fused-ring (bicyclic) bond motifs is 1. The Morgan fingerprint density at radius 2 is 2.25 bits per heavy atom. The first-order chi connectivity index (χ1) is 7.59. The number of amides is 1. The van der Waals surface area contributed by atoms with Gasteiger partial charge in [0.1, 0.15) is 11.5 Å². The largest absolute Gasteiger partial charge is 0.352 e. The van der Waals surface area contributed by atoms with Gasteiger partial charge in [-0.2, -0.15) is 0 Å². The van der Waals surface area contributed by atoms with Crippen molar-refractivity contribution >= 4 is 11.6 Å². The maximum Gasteiger partial charge on any atom is 0.217 e. The molecular formula is C11H14N4O. The lowest BCUT2D eigenvalue weighted by molar-refractivity contribution is -0.119. The number of hydrogen-bond acceptors (Lipinski definition) is 3. The zero-order valence-corrected chi connectivity index (χ0v) is 9.61. The molecule has 2 heterocycles. The van der Waals surface area contributed by atoms with E-state index in [1.165, 1.54) is 6.92 Å². The van der Waals surface area contributed by atoms with E-state index in [9.17, 15) is 4.79 Å². The minimum atomic E-state index is -0.0512. The van der Waals surface area contributed by atoms with E-state index in [0.717, 1.165) is 22.7 Å². The van der Waals surface area contributed by atoms with Crippen molar-refractivity contribution in [3.63, 3.8) is 0 Å². The van der Waals surface area contributed by atoms with Gasteiger partial charge in [0.05, 0.1) is 0 Å². The third kappa shape index (κ3) is 1.76. The van der Waals surface area contributed by atoms with Crippen LogP contribution in [0.1, 0.15) is 24.0 Å². The summed E-state index contributed by atoms with van der Waals surface area (Å²) >= 11 is 0. The van der Waals surface area contributed by atoms with Gasteiger partial charge in [0.25, 0.3) is 0 Å². The zero-order chi connectivity index (χ0) is 11.7. The highest BCUT2D eigenvalue weighted by atomic mass is 16.1. The summed E-state index contributed by atoms with van der Waals surface area (Å²) in [5, 5.41) is 2.77. The van der Waals surface area contributed by atoms with Gasteiger partial charge in [-0.25, -0.2) is 9.97 Å². The molecule has 2 aromatic rings. The molecule has 2 aromatic heterocycles. The Morgan fingerprint density at radius 1 is 1.50 bits per heavy atom. The molecule has 0 aliphatic rings. The normalized spacial score (nSPS) is 10.7. The number of aromatic nitrogens is 3. The van der Waals surface area contributed by atoms with Crippen molar-refractivity contribution in [1.29, 1.82) is 0 Å². The maximum atomic E-state index is 10.9. The molecule has 0 aliphatic heterocycles. The van der Waals surface area contributed by atoms with Gasteiger partial charge in [0.2, 0.25) is 5.91 Å². The standard InChI is InChI=1S/C11H14N4O/c1-7-10(6-13-9(3)16)11-12-4-5-15(11)8(2)14-7/h4-5H,6H2,1-3H3,(H,13,16). The second kappa shape index (κ2) is 3.92. The topological polar surface area (TPSA) is 59.3 Å². The summed E-state index contributed by atoms with van der Waals surface area (Å²) in [7, 11) is 0. The lowest BCUT2D eigenvalue weighted by Gasteiger charge is -2.09. The van der Waals surface area contributed by atoms with Crippen LogP contribution in [0.5, 0.6) is 0 Å². The first-order valence-corrected chi connectivity index (χ1v) is 5.13. The van der Waals surface area contributed by atoms with Crippen molar-refractivity contribution in [1.82, 2.24) is 19.7 Å². The predicted molar refractivity (Wildman–Crippen MR) is 60.0 cm³/mol. The molecule has 0 saturated carbocycles. The van der Waals surface area contributed by atoms with Crippen LogP contribution in [0.25, 0.3) is 5.65 Å². The molecule has 5 nitrogen and oxygen atoms in total. The van der Waals surface area contributed by atoms with Gasteiger partial charge >= 0.3 is 0 Å². The maximum absolute atomic E-state index is 10.9. The number of hydrogen-bond donors (Lipinski definition) is 1. The average Bonchev–Trinajstić information content (AvgIpc) is 2.65. The molecule has 2 rings (SSSR count). The first-order valence-electron chi connectivity index (χ1n) is 5.13. The molecule has 0 bridgehead atoms. The minimum absolute atomic E-state index is 0.0512. The van der Waals surface area contributed by atoms with Crippen molar-refractivity contribution in [2.75, 3.05) is 0 Å². The predicted octanol–water partition coefficient (Wildman–Crippen LogP) is 0.982. The SMILES string of the molecule is CC(=O)NCc1c(C)nc(C)n2ccnc12. The van der Waals surface area contributed by atoms with E-state index in [4.69, 9.17) is 0 Å². The number of aryl methyl sites for hydroxylation is 2. The molecule has 0 aliphatic carbocycles. The van der Waals surface area contributed by atoms with Gasteiger partial charge in [-0.15, -0.1) is 0 Å². The molecule has 5 heteroatoms. The smallest absolute Gasteiger partial charge is 0.217 e. The molecule has 0 atom stereocenters. The summed E-state index contributed by atoms with van der Waals surface area (Å²) in [6, 6.07) is 0. The van der Waals surface area contributed by atoms with Crippen molar-refractivity contribution in [3.8, 4) is 0 Å². The zero-order valence-electron chi connectivity index (χ0n) is 9.61. The molecule has 0 fully saturated rings. The number of rotatable bonds is 2. The molecule has 0 spiro atoms. The van der Waals surface area contributed by atoms with Crippen LogP contribution in [0, 0.1) is 13.8 Å². The van der Waals surface area contributed by atoms with Crippen molar-refractivity contribution in [2.24, 2.45) is 0 Å². The van der Waals surface area contributed by atoms with Crippen LogP contribution in [-0.2, 0) is 11.3 Å². The van der Waals surface area contributed by atoms with E-state index in [0.29, 0.717) is 6.54 Å². The molecule has 0 saturated heterocycles. The summed E-state index contributed by atoms with van der Waals surface area (Å²) in [6.07, 6.45) is 3.61. The van der Waals surface area contributed by atoms with E-state index < -0.39 is 0 Å². The van der Waals surface area contributed by atoms with E-state index in [1.807, 2.05) is 24.4 Å². The Labute approximate surface area is 93.5 Å². The van der Waals surface area contributed by atoms with Gasteiger partial charge in [0, 0.05) is 37.1 Å². The van der Waals surface area contributed by atoms with Crippen LogP contribution < -0.4 is 5.32 Å². The van der Waals surface area contributed by atoms with Gasteiger partial charge in [-0.05, 0) is 13.8 Å². The van der Waals surface area contributed by atoms with Gasteiger partial charge < -0.3 is 5.32 Å². The molecule has 0 radical (unpaired) electrons. The summed E-state index contributed by atoms with van der Waals surface area (Å²) in [5.74, 6) is 0.848. The van der Waals surface area contributed by atoms with E-state index >= 15 is 0 Å². The summed E-state index contributed by atoms with van der Waals surface area (Å²) in [4.78, 5) is 19.6. The third-order valence-corrected chi connectivity index (χ3v) is 2.54. The molecule has 0 aromatic carbocycles. The highest BCUT2D eigenvalue weighted by molar-refractivity contribution is 5.73. The molecule has 0 unspecified atom stereocenters. The Balaban J connectivity index is 2.50. The molecule has 16 heavy (non-hydrogen) atoms. The fraction of sp³-hybridized carbons (Fsp3) is 0.364. The summed E-state index contributed by atoms with van der Waals surface area (Å²) in [6.45, 7) is 5.83. The van der Waals surface area contributed by atoms with Crippen LogP contribution in [0.15, 0.2) is 12.4 Å². The third-order valence-electron chi connectivity index (χ3n) is 2.54. The number of imidazole rings is 1. The summed E-state index contributed by atoms with van der Waals surface area (Å²) < 4.78 is 1.92. The van der Waals surface area contributed by atoms with E-state index in [1.54, 1.807) is 6.20 Å². The van der Waals surface area contributed by atoms with Gasteiger partial charge in [0.15, 0.2) is 0 Å². The van der Waals surface area contributed by atoms with Gasteiger partial charge in [-0.3, -0.25) is 9.20 Å². The highest BCUT2D eigenvalue weighted by Crippen LogP contribution is 2.13. The Kier molecular flexibility index (Phi) is 2.60. The minimum Gasteiger partial charge on any atom is -0.352 e. The molecule has 1 amide bonds. The lowest BCUT2D eigenvalue weighted by Crippen LogP contribution is -2.20. The highest BCUT2D eigenvalue weighted by Gasteiger charge is 2.10. The average molecular weight is 218 g/mol. The second-order valence-corrected chi connectivity index (χ2v) is 3.75. The molecule has 84 valence electrons. The van der Waals surface area contributed by atoms with Crippen LogP contribution in [0.2, 0.25) is 0 Å². The molecule has 1 N–H and O–H groups in total. The number of nitrogens with one attached hydrogen (secondary N) is 1. The lowest BCUT2D eigenvalue weighted by atomic mass is 10.2. The van der Waals surface area contributed by atoms with E-state index in [-0.39, 0.29) is 5.91 Å². The van der Waals surface area contributed by atoms with Crippen molar-refractivity contribution < 1.29 is 4.79 Å². The monoisotopic (exact) mass is 218 g/mol. The number of carbonyl (C=O) groups is 1. The fourth-order valence-corrected chi connectivity index (χ4v) is 1.73. The fourth-order valence-electron chi connectivity index (χ4n) is 1.73. The Morgan fingerprint density at radius 3 is 2.94 bits per heavy atom. The van der Waals surface area contributed by atoms with Crippen LogP contribution >= 0.6 is 0 Å². The van der Waals surface area contributed by atoms with Crippen LogP contribution in [-0.4, -0.2) is 20.3 Å². The Bertz CT molecular complexity index is 544. The quantitative estimate of drug-likeness (QED) is 0.817. The molecular weight excluding hydrogens is 204 g/mol. The first kappa shape index (κ1) is 10.6. The van der Waals surface area contributed by atoms with E-state index in [2.05, 4.69) is 15.3 Å². The van der Waals surface area contributed by atoms with Crippen LogP contribution in [0.4, 0.5) is 0 Å².